The fraction of sp³-hybridized carbons (Fsp3) is 0.636. The van der Waals surface area contributed by atoms with Gasteiger partial charge in [0.1, 0.15) is 5.82 Å². The fourth-order valence-corrected chi connectivity index (χ4v) is 1.99. The fourth-order valence-electron chi connectivity index (χ4n) is 1.99. The Morgan fingerprint density at radius 3 is 3.17 bits per heavy atom. The number of imidazole rings is 1. The number of nitrogens with zero attached hydrogens (tertiary/aromatic N) is 3. The molecule has 2 rings (SSSR count). The maximum atomic E-state index is 11.4. The number of nitrogen functional groups attached to an aromatic ring is 1. The summed E-state index contributed by atoms with van der Waals surface area (Å²) in [6, 6.07) is 0. The SMILES string of the molecule is COC(=O)c1ncn(CC2CN(C)CCO2)c1N. The van der Waals surface area contributed by atoms with Crippen LogP contribution in [-0.2, 0) is 16.0 Å². The van der Waals surface area contributed by atoms with Gasteiger partial charge in [0.15, 0.2) is 5.69 Å². The molecule has 0 aliphatic carbocycles. The van der Waals surface area contributed by atoms with Crippen LogP contribution in [0.15, 0.2) is 6.33 Å². The summed E-state index contributed by atoms with van der Waals surface area (Å²) in [5, 5.41) is 0. The molecule has 7 nitrogen and oxygen atoms in total. The Kier molecular flexibility index (Phi) is 3.83. The summed E-state index contributed by atoms with van der Waals surface area (Å²) in [6.45, 7) is 3.06. The zero-order chi connectivity index (χ0) is 13.1. The van der Waals surface area contributed by atoms with Crippen molar-refractivity contribution in [1.82, 2.24) is 14.5 Å². The molecule has 1 aromatic rings. The number of anilines is 1. The monoisotopic (exact) mass is 254 g/mol. The van der Waals surface area contributed by atoms with Crippen LogP contribution in [0, 0.1) is 0 Å². The van der Waals surface area contributed by atoms with E-state index in [9.17, 15) is 4.79 Å². The van der Waals surface area contributed by atoms with Gasteiger partial charge in [-0.15, -0.1) is 0 Å². The minimum Gasteiger partial charge on any atom is -0.464 e. The second-order valence-electron chi connectivity index (χ2n) is 4.38. The number of morpholine rings is 1. The number of ether oxygens (including phenoxy) is 2. The normalized spacial score (nSPS) is 20.9. The molecule has 2 heterocycles. The first-order chi connectivity index (χ1) is 8.61. The van der Waals surface area contributed by atoms with Gasteiger partial charge in [0.2, 0.25) is 0 Å². The van der Waals surface area contributed by atoms with Gasteiger partial charge in [0, 0.05) is 13.1 Å². The van der Waals surface area contributed by atoms with E-state index in [0.29, 0.717) is 19.0 Å². The summed E-state index contributed by atoms with van der Waals surface area (Å²) in [5.74, 6) is -0.202. The highest BCUT2D eigenvalue weighted by Crippen LogP contribution is 2.14. The molecule has 1 aromatic heterocycles. The Bertz CT molecular complexity index is 432. The molecule has 1 unspecified atom stereocenters. The molecule has 1 aliphatic rings. The molecule has 1 fully saturated rings. The number of methoxy groups -OCH3 is 1. The first-order valence-corrected chi connectivity index (χ1v) is 5.81. The van der Waals surface area contributed by atoms with Gasteiger partial charge < -0.3 is 24.7 Å². The van der Waals surface area contributed by atoms with Gasteiger partial charge in [-0.2, -0.15) is 0 Å². The van der Waals surface area contributed by atoms with E-state index < -0.39 is 5.97 Å². The number of carbonyl (C=O) groups is 1. The molecule has 7 heteroatoms. The van der Waals surface area contributed by atoms with Crippen LogP contribution in [0.2, 0.25) is 0 Å². The van der Waals surface area contributed by atoms with Crippen molar-refractivity contribution in [3.05, 3.63) is 12.0 Å². The number of hydrogen-bond donors (Lipinski definition) is 1. The molecule has 0 amide bonds. The van der Waals surface area contributed by atoms with Crippen molar-refractivity contribution < 1.29 is 14.3 Å². The average Bonchev–Trinajstić information content (AvgIpc) is 2.70. The molecule has 1 aliphatic heterocycles. The van der Waals surface area contributed by atoms with Crippen molar-refractivity contribution in [2.75, 3.05) is 39.6 Å². The average molecular weight is 254 g/mol. The van der Waals surface area contributed by atoms with Crippen LogP contribution >= 0.6 is 0 Å². The van der Waals surface area contributed by atoms with E-state index in [1.54, 1.807) is 10.9 Å². The summed E-state index contributed by atoms with van der Waals surface area (Å²) < 4.78 is 12.0. The van der Waals surface area contributed by atoms with Gasteiger partial charge in [-0.25, -0.2) is 9.78 Å². The third-order valence-corrected chi connectivity index (χ3v) is 3.00. The Balaban J connectivity index is 2.05. The zero-order valence-corrected chi connectivity index (χ0v) is 10.6. The Hall–Kier alpha value is -1.60. The number of hydrogen-bond acceptors (Lipinski definition) is 6. The quantitative estimate of drug-likeness (QED) is 0.738. The minimum atomic E-state index is -0.520. The second-order valence-corrected chi connectivity index (χ2v) is 4.38. The van der Waals surface area contributed by atoms with Crippen molar-refractivity contribution in [1.29, 1.82) is 0 Å². The number of nitrogens with two attached hydrogens (primary N) is 1. The van der Waals surface area contributed by atoms with Crippen LogP contribution in [-0.4, -0.2) is 60.4 Å². The van der Waals surface area contributed by atoms with E-state index in [-0.39, 0.29) is 11.8 Å². The van der Waals surface area contributed by atoms with Crippen molar-refractivity contribution in [3.8, 4) is 0 Å². The van der Waals surface area contributed by atoms with Crippen LogP contribution in [0.4, 0.5) is 5.82 Å². The largest absolute Gasteiger partial charge is 0.464 e. The lowest BCUT2D eigenvalue weighted by molar-refractivity contribution is -0.0272. The Morgan fingerprint density at radius 1 is 1.72 bits per heavy atom. The molecule has 0 aromatic carbocycles. The summed E-state index contributed by atoms with van der Waals surface area (Å²) in [6.07, 6.45) is 1.60. The molecular weight excluding hydrogens is 236 g/mol. The molecule has 1 saturated heterocycles. The third kappa shape index (κ3) is 2.62. The van der Waals surface area contributed by atoms with Crippen molar-refractivity contribution in [3.63, 3.8) is 0 Å². The van der Waals surface area contributed by atoms with Gasteiger partial charge in [0.05, 0.1) is 32.7 Å². The van der Waals surface area contributed by atoms with E-state index in [2.05, 4.69) is 14.6 Å². The predicted molar refractivity (Wildman–Crippen MR) is 65.2 cm³/mol. The summed E-state index contributed by atoms with van der Waals surface area (Å²) in [7, 11) is 3.35. The lowest BCUT2D eigenvalue weighted by Crippen LogP contribution is -2.42. The Labute approximate surface area is 105 Å². The van der Waals surface area contributed by atoms with E-state index in [0.717, 1.165) is 13.1 Å². The lowest BCUT2D eigenvalue weighted by Gasteiger charge is -2.30. The van der Waals surface area contributed by atoms with Crippen LogP contribution in [0.3, 0.4) is 0 Å². The van der Waals surface area contributed by atoms with Crippen LogP contribution < -0.4 is 5.73 Å². The van der Waals surface area contributed by atoms with E-state index in [1.165, 1.54) is 7.11 Å². The van der Waals surface area contributed by atoms with Crippen molar-refractivity contribution in [2.45, 2.75) is 12.6 Å². The number of esters is 1. The number of rotatable bonds is 3. The second kappa shape index (κ2) is 5.36. The van der Waals surface area contributed by atoms with Crippen molar-refractivity contribution >= 4 is 11.8 Å². The number of likely N-dealkylation sites (N-methyl/N-ethyl adjacent to an activating group) is 1. The highest BCUT2D eigenvalue weighted by atomic mass is 16.5. The molecule has 0 saturated carbocycles. The maximum absolute atomic E-state index is 11.4. The summed E-state index contributed by atoms with van der Waals surface area (Å²) in [4.78, 5) is 17.5. The first kappa shape index (κ1) is 12.8. The molecule has 100 valence electrons. The molecular formula is C11H18N4O3. The minimum absolute atomic E-state index is 0.0609. The van der Waals surface area contributed by atoms with Gasteiger partial charge >= 0.3 is 5.97 Å². The van der Waals surface area contributed by atoms with Gasteiger partial charge in [-0.3, -0.25) is 0 Å². The number of aromatic nitrogens is 2. The smallest absolute Gasteiger partial charge is 0.360 e. The van der Waals surface area contributed by atoms with E-state index in [1.807, 2.05) is 7.05 Å². The topological polar surface area (TPSA) is 82.6 Å². The van der Waals surface area contributed by atoms with E-state index in [4.69, 9.17) is 10.5 Å². The number of carbonyl (C=O) groups excluding carboxylic acids is 1. The van der Waals surface area contributed by atoms with E-state index >= 15 is 0 Å². The first-order valence-electron chi connectivity index (χ1n) is 5.81. The van der Waals surface area contributed by atoms with Crippen LogP contribution in [0.5, 0.6) is 0 Å². The maximum Gasteiger partial charge on any atom is 0.360 e. The summed E-state index contributed by atoms with van der Waals surface area (Å²) in [5.41, 5.74) is 6.02. The molecule has 1 atom stereocenters. The van der Waals surface area contributed by atoms with Crippen LogP contribution in [0.25, 0.3) is 0 Å². The van der Waals surface area contributed by atoms with Gasteiger partial charge in [-0.05, 0) is 7.05 Å². The standard InChI is InChI=1S/C11H18N4O3/c1-14-3-4-18-8(5-14)6-15-7-13-9(10(15)12)11(16)17-2/h7-8H,3-6,12H2,1-2H3. The molecule has 2 N–H and O–H groups in total. The third-order valence-electron chi connectivity index (χ3n) is 3.00. The molecule has 18 heavy (non-hydrogen) atoms. The molecule has 0 spiro atoms. The lowest BCUT2D eigenvalue weighted by atomic mass is 10.3. The van der Waals surface area contributed by atoms with Crippen LogP contribution in [0.1, 0.15) is 10.5 Å². The zero-order valence-electron chi connectivity index (χ0n) is 10.6. The predicted octanol–water partition coefficient (Wildman–Crippen LogP) is -0.417. The van der Waals surface area contributed by atoms with Crippen molar-refractivity contribution in [2.24, 2.45) is 0 Å². The highest BCUT2D eigenvalue weighted by molar-refractivity contribution is 5.92. The van der Waals surface area contributed by atoms with Gasteiger partial charge in [0.25, 0.3) is 0 Å². The molecule has 0 bridgehead atoms. The summed E-state index contributed by atoms with van der Waals surface area (Å²) >= 11 is 0. The molecule has 0 radical (unpaired) electrons. The Morgan fingerprint density at radius 2 is 2.50 bits per heavy atom. The van der Waals surface area contributed by atoms with Gasteiger partial charge in [-0.1, -0.05) is 0 Å². The highest BCUT2D eigenvalue weighted by Gasteiger charge is 2.21.